The van der Waals surface area contributed by atoms with Gasteiger partial charge in [0.25, 0.3) is 0 Å². The van der Waals surface area contributed by atoms with Gasteiger partial charge in [-0.2, -0.15) is 0 Å². The predicted octanol–water partition coefficient (Wildman–Crippen LogP) is 9.41. The van der Waals surface area contributed by atoms with E-state index < -0.39 is 0 Å². The summed E-state index contributed by atoms with van der Waals surface area (Å²) in [5.74, 6) is 0. The van der Waals surface area contributed by atoms with Gasteiger partial charge in [0.1, 0.15) is 5.58 Å². The lowest BCUT2D eigenvalue weighted by atomic mass is 9.45. The van der Waals surface area contributed by atoms with Gasteiger partial charge in [-0.05, 0) is 69.9 Å². The zero-order valence-electron chi connectivity index (χ0n) is 24.9. The predicted molar refractivity (Wildman–Crippen MR) is 186 cm³/mol. The van der Waals surface area contributed by atoms with Crippen molar-refractivity contribution in [2.24, 2.45) is 0 Å². The van der Waals surface area contributed by atoms with Crippen molar-refractivity contribution in [1.82, 2.24) is 4.48 Å². The Hall–Kier alpha value is -5.22. The molecule has 208 valence electrons. The first kappa shape index (κ1) is 24.3. The summed E-state index contributed by atoms with van der Waals surface area (Å²) in [6.45, 7) is 6.90. The molecule has 2 aromatic heterocycles. The van der Waals surface area contributed by atoms with Gasteiger partial charge in [0.15, 0.2) is 5.58 Å². The van der Waals surface area contributed by atoms with Gasteiger partial charge in [-0.25, -0.2) is 0 Å². The molecule has 0 saturated carbocycles. The summed E-state index contributed by atoms with van der Waals surface area (Å²) in [5.41, 5.74) is 14.5. The second kappa shape index (κ2) is 8.24. The van der Waals surface area contributed by atoms with Crippen LogP contribution in [0.1, 0.15) is 26.3 Å². The molecule has 0 saturated heterocycles. The first-order chi connectivity index (χ1) is 21.5. The Balaban J connectivity index is 1.44. The zero-order valence-corrected chi connectivity index (χ0v) is 24.9. The molecule has 2 aliphatic heterocycles. The van der Waals surface area contributed by atoms with Gasteiger partial charge < -0.3 is 13.8 Å². The summed E-state index contributed by atoms with van der Waals surface area (Å²) in [5, 5.41) is 4.94. The first-order valence-corrected chi connectivity index (χ1v) is 15.5. The molecule has 44 heavy (non-hydrogen) atoms. The number of rotatable bonds is 1. The number of para-hydroxylation sites is 4. The average molecular weight is 564 g/mol. The van der Waals surface area contributed by atoms with Gasteiger partial charge in [0.2, 0.25) is 0 Å². The molecule has 0 amide bonds. The van der Waals surface area contributed by atoms with Gasteiger partial charge in [0, 0.05) is 49.5 Å². The third-order valence-corrected chi connectivity index (χ3v) is 9.90. The maximum Gasteiger partial charge on any atom is 0.333 e. The highest BCUT2D eigenvalue weighted by Crippen LogP contribution is 2.49. The van der Waals surface area contributed by atoms with E-state index in [1.54, 1.807) is 0 Å². The number of hydrogen-bond donors (Lipinski definition) is 0. The lowest BCUT2D eigenvalue weighted by Gasteiger charge is -2.40. The van der Waals surface area contributed by atoms with Crippen LogP contribution in [0.5, 0.6) is 0 Å². The van der Waals surface area contributed by atoms with Crippen molar-refractivity contribution in [2.45, 2.75) is 26.2 Å². The topological polar surface area (TPSA) is 21.3 Å². The summed E-state index contributed by atoms with van der Waals surface area (Å²) < 4.78 is 9.44. The molecule has 0 bridgehead atoms. The van der Waals surface area contributed by atoms with E-state index in [4.69, 9.17) is 4.42 Å². The van der Waals surface area contributed by atoms with Crippen LogP contribution in [-0.2, 0) is 5.41 Å². The minimum Gasteiger partial charge on any atom is -0.454 e. The largest absolute Gasteiger partial charge is 0.454 e. The van der Waals surface area contributed by atoms with Crippen LogP contribution in [0, 0.1) is 0 Å². The Morgan fingerprint density at radius 1 is 0.636 bits per heavy atom. The van der Waals surface area contributed by atoms with E-state index in [1.807, 2.05) is 0 Å². The standard InChI is InChI=1S/C40H29BN2O/c1-40(2,3)24-20-21-33-29(22-24)27-15-11-16-28-30-23-31-26-14-7-10-19-35(26)44-39(31)38-36(30)41(43(33)37(27)28)32-17-8-9-18-34(32)42(38)25-12-5-4-6-13-25/h4-23H,1-3H3. The van der Waals surface area contributed by atoms with Crippen molar-refractivity contribution in [2.75, 3.05) is 4.90 Å². The normalized spacial score (nSPS) is 13.7. The molecule has 4 heteroatoms. The maximum absolute atomic E-state index is 6.82. The van der Waals surface area contributed by atoms with Crippen LogP contribution < -0.4 is 15.8 Å². The van der Waals surface area contributed by atoms with Gasteiger partial charge >= 0.3 is 6.85 Å². The molecule has 3 nitrogen and oxygen atoms in total. The van der Waals surface area contributed by atoms with Crippen LogP contribution in [0.25, 0.3) is 54.9 Å². The lowest BCUT2D eigenvalue weighted by Crippen LogP contribution is -2.56. The van der Waals surface area contributed by atoms with Crippen LogP contribution in [0.4, 0.5) is 17.1 Å². The quantitative estimate of drug-likeness (QED) is 0.185. The molecule has 10 rings (SSSR count). The van der Waals surface area contributed by atoms with Crippen LogP contribution in [0.3, 0.4) is 0 Å². The smallest absolute Gasteiger partial charge is 0.333 e. The third kappa shape index (κ3) is 2.98. The molecule has 0 unspecified atom stereocenters. The molecule has 2 aliphatic rings. The maximum atomic E-state index is 6.82. The molecule has 0 spiro atoms. The Morgan fingerprint density at radius 2 is 1.41 bits per heavy atom. The Bertz CT molecular complexity index is 2500. The van der Waals surface area contributed by atoms with Crippen molar-refractivity contribution >= 4 is 78.6 Å². The van der Waals surface area contributed by atoms with E-state index in [-0.39, 0.29) is 12.3 Å². The van der Waals surface area contributed by atoms with E-state index in [9.17, 15) is 0 Å². The zero-order chi connectivity index (χ0) is 29.3. The van der Waals surface area contributed by atoms with E-state index in [1.165, 1.54) is 55.1 Å². The molecule has 0 N–H and O–H groups in total. The fourth-order valence-corrected chi connectivity index (χ4v) is 7.94. The summed E-state index contributed by atoms with van der Waals surface area (Å²) in [7, 11) is 0. The number of furan rings is 1. The molecular weight excluding hydrogens is 535 g/mol. The summed E-state index contributed by atoms with van der Waals surface area (Å²) >= 11 is 0. The molecule has 0 aliphatic carbocycles. The van der Waals surface area contributed by atoms with Crippen LogP contribution in [0.15, 0.2) is 126 Å². The van der Waals surface area contributed by atoms with Gasteiger partial charge in [-0.1, -0.05) is 99.6 Å². The monoisotopic (exact) mass is 564 g/mol. The Morgan fingerprint density at radius 3 is 2.27 bits per heavy atom. The first-order valence-electron chi connectivity index (χ1n) is 15.5. The number of fused-ring (bicyclic) bond motifs is 11. The van der Waals surface area contributed by atoms with E-state index in [0.717, 1.165) is 33.3 Å². The highest BCUT2D eigenvalue weighted by molar-refractivity contribution is 6.90. The Kier molecular flexibility index (Phi) is 4.54. The van der Waals surface area contributed by atoms with Gasteiger partial charge in [-0.3, -0.25) is 0 Å². The van der Waals surface area contributed by atoms with Crippen molar-refractivity contribution in [1.29, 1.82) is 0 Å². The van der Waals surface area contributed by atoms with Crippen molar-refractivity contribution in [3.05, 3.63) is 127 Å². The molecular formula is C40H29BN2O. The fourth-order valence-electron chi connectivity index (χ4n) is 7.94. The average Bonchev–Trinajstić information content (AvgIpc) is 3.59. The highest BCUT2D eigenvalue weighted by Gasteiger charge is 2.44. The molecule has 0 atom stereocenters. The second-order valence-corrected chi connectivity index (χ2v) is 13.3. The lowest BCUT2D eigenvalue weighted by molar-refractivity contribution is 0.591. The third-order valence-electron chi connectivity index (χ3n) is 9.90. The fraction of sp³-hybridized carbons (Fsp3) is 0.100. The number of anilines is 3. The van der Waals surface area contributed by atoms with E-state index in [2.05, 4.69) is 151 Å². The Labute approximate surface area is 256 Å². The molecule has 0 radical (unpaired) electrons. The van der Waals surface area contributed by atoms with E-state index >= 15 is 0 Å². The minimum absolute atomic E-state index is 0.00385. The summed E-state index contributed by atoms with van der Waals surface area (Å²) in [6, 6.07) is 44.5. The van der Waals surface area contributed by atoms with Crippen LogP contribution in [0.2, 0.25) is 0 Å². The second-order valence-electron chi connectivity index (χ2n) is 13.3. The van der Waals surface area contributed by atoms with Crippen molar-refractivity contribution in [3.8, 4) is 11.1 Å². The molecule has 6 aromatic carbocycles. The van der Waals surface area contributed by atoms with E-state index in [0.29, 0.717) is 0 Å². The number of nitrogens with zero attached hydrogens (tertiary/aromatic N) is 2. The molecule has 0 fully saturated rings. The molecule has 4 heterocycles. The minimum atomic E-state index is 0.00385. The van der Waals surface area contributed by atoms with Crippen LogP contribution in [-0.4, -0.2) is 11.3 Å². The summed E-state index contributed by atoms with van der Waals surface area (Å²) in [6.07, 6.45) is 0. The van der Waals surface area contributed by atoms with Gasteiger partial charge in [-0.15, -0.1) is 0 Å². The summed E-state index contributed by atoms with van der Waals surface area (Å²) in [4.78, 5) is 2.43. The van der Waals surface area contributed by atoms with Crippen molar-refractivity contribution in [3.63, 3.8) is 0 Å². The van der Waals surface area contributed by atoms with Crippen molar-refractivity contribution < 1.29 is 4.42 Å². The number of aromatic nitrogens is 1. The van der Waals surface area contributed by atoms with Crippen LogP contribution >= 0.6 is 0 Å². The van der Waals surface area contributed by atoms with Gasteiger partial charge in [0.05, 0.1) is 5.69 Å². The number of benzene rings is 6. The number of hydrogen-bond acceptors (Lipinski definition) is 2. The highest BCUT2D eigenvalue weighted by atomic mass is 16.3. The SMILES string of the molecule is CC(C)(C)c1ccc2c(c1)c1cccc3c1n2B1c2ccccc2N(c2ccccc2)c2c1c-3cc1c2oc2ccccc21. The molecule has 8 aromatic rings.